The van der Waals surface area contributed by atoms with E-state index in [1.54, 1.807) is 6.07 Å². The quantitative estimate of drug-likeness (QED) is 0.560. The van der Waals surface area contributed by atoms with E-state index in [0.29, 0.717) is 6.54 Å². The Morgan fingerprint density at radius 3 is 2.25 bits per heavy atom. The Kier molecular flexibility index (Phi) is 4.15. The highest BCUT2D eigenvalue weighted by Crippen LogP contribution is 2.19. The zero-order chi connectivity index (χ0) is 8.48. The number of halogens is 1. The molecule has 0 atom stereocenters. The first-order chi connectivity index (χ1) is 5.04. The van der Waals surface area contributed by atoms with E-state index in [2.05, 4.69) is 0 Å². The van der Waals surface area contributed by atoms with E-state index in [-0.39, 0.29) is 16.6 Å². The summed E-state index contributed by atoms with van der Waals surface area (Å²) in [4.78, 5) is 0.814. The molecule has 0 radical (unpaired) electrons. The van der Waals surface area contributed by atoms with Gasteiger partial charge < -0.3 is 18.1 Å². The smallest absolute Gasteiger partial charge is 0.247 e. The SMILES string of the molecule is NCc1ccc(S(N)(=O)=O)s1.[Cl-]. The average Bonchev–Trinajstić information content (AvgIpc) is 2.32. The first-order valence-electron chi connectivity index (χ1n) is 2.85. The van der Waals surface area contributed by atoms with E-state index >= 15 is 0 Å². The number of sulfonamides is 1. The Morgan fingerprint density at radius 2 is 2.00 bits per heavy atom. The van der Waals surface area contributed by atoms with Crippen molar-refractivity contribution in [1.82, 2.24) is 0 Å². The highest BCUT2D eigenvalue weighted by atomic mass is 35.5. The second-order valence-corrected chi connectivity index (χ2v) is 4.93. The molecular weight excluding hydrogens is 220 g/mol. The molecule has 1 aromatic heterocycles. The highest BCUT2D eigenvalue weighted by molar-refractivity contribution is 7.91. The monoisotopic (exact) mass is 227 g/mol. The molecule has 4 N–H and O–H groups in total. The van der Waals surface area contributed by atoms with Crippen LogP contribution >= 0.6 is 11.3 Å². The minimum Gasteiger partial charge on any atom is -1.00 e. The zero-order valence-corrected chi connectivity index (χ0v) is 8.42. The van der Waals surface area contributed by atoms with Gasteiger partial charge >= 0.3 is 0 Å². The van der Waals surface area contributed by atoms with Crippen LogP contribution in [-0.4, -0.2) is 8.42 Å². The fourth-order valence-corrected chi connectivity index (χ4v) is 2.28. The van der Waals surface area contributed by atoms with Crippen LogP contribution in [0.25, 0.3) is 0 Å². The van der Waals surface area contributed by atoms with E-state index in [9.17, 15) is 8.42 Å². The van der Waals surface area contributed by atoms with Crippen LogP contribution in [0.2, 0.25) is 0 Å². The van der Waals surface area contributed by atoms with Crippen LogP contribution in [-0.2, 0) is 16.6 Å². The third-order valence-corrected chi connectivity index (χ3v) is 3.66. The molecule has 0 aliphatic rings. The topological polar surface area (TPSA) is 86.2 Å². The maximum Gasteiger partial charge on any atom is 0.247 e. The zero-order valence-electron chi connectivity index (χ0n) is 6.03. The van der Waals surface area contributed by atoms with Gasteiger partial charge in [0.05, 0.1) is 0 Å². The van der Waals surface area contributed by atoms with Crippen LogP contribution in [0.1, 0.15) is 4.88 Å². The summed E-state index contributed by atoms with van der Waals surface area (Å²) in [5.74, 6) is 0. The van der Waals surface area contributed by atoms with Crippen LogP contribution < -0.4 is 23.3 Å². The molecule has 7 heteroatoms. The lowest BCUT2D eigenvalue weighted by Gasteiger charge is -1.88. The first-order valence-corrected chi connectivity index (χ1v) is 5.22. The second-order valence-electron chi connectivity index (χ2n) is 1.97. The number of rotatable bonds is 2. The van der Waals surface area contributed by atoms with Crippen LogP contribution in [0.3, 0.4) is 0 Å². The third-order valence-electron chi connectivity index (χ3n) is 1.12. The molecule has 70 valence electrons. The lowest BCUT2D eigenvalue weighted by molar-refractivity contribution is -0.00000494. The number of thiophene rings is 1. The van der Waals surface area contributed by atoms with Crippen molar-refractivity contribution in [2.45, 2.75) is 10.8 Å². The summed E-state index contributed by atoms with van der Waals surface area (Å²) >= 11 is 1.10. The van der Waals surface area contributed by atoms with Crippen molar-refractivity contribution in [3.8, 4) is 0 Å². The molecule has 0 spiro atoms. The van der Waals surface area contributed by atoms with Gasteiger partial charge in [-0.2, -0.15) is 0 Å². The summed E-state index contributed by atoms with van der Waals surface area (Å²) in [6, 6.07) is 3.12. The predicted molar refractivity (Wildman–Crippen MR) is 43.6 cm³/mol. The Balaban J connectivity index is 0.00000121. The average molecular weight is 228 g/mol. The minimum absolute atomic E-state index is 0. The molecule has 12 heavy (non-hydrogen) atoms. The second kappa shape index (κ2) is 4.20. The van der Waals surface area contributed by atoms with Crippen molar-refractivity contribution in [2.75, 3.05) is 0 Å². The van der Waals surface area contributed by atoms with Gasteiger partial charge in [0.1, 0.15) is 4.21 Å². The Morgan fingerprint density at radius 1 is 1.42 bits per heavy atom. The molecule has 0 saturated heterocycles. The summed E-state index contributed by atoms with van der Waals surface area (Å²) in [5, 5.41) is 4.87. The maximum atomic E-state index is 10.7. The van der Waals surface area contributed by atoms with Gasteiger partial charge in [-0.3, -0.25) is 0 Å². The van der Waals surface area contributed by atoms with Crippen molar-refractivity contribution in [3.05, 3.63) is 17.0 Å². The number of hydrogen-bond acceptors (Lipinski definition) is 4. The fraction of sp³-hybridized carbons (Fsp3) is 0.200. The summed E-state index contributed by atoms with van der Waals surface area (Å²) in [7, 11) is -3.53. The van der Waals surface area contributed by atoms with Gasteiger partial charge in [-0.25, -0.2) is 13.6 Å². The summed E-state index contributed by atoms with van der Waals surface area (Å²) < 4.78 is 21.6. The van der Waals surface area contributed by atoms with Crippen LogP contribution in [0.4, 0.5) is 0 Å². The van der Waals surface area contributed by atoms with E-state index in [1.807, 2.05) is 0 Å². The number of primary sulfonamides is 1. The van der Waals surface area contributed by atoms with Crippen LogP contribution in [0, 0.1) is 0 Å². The molecule has 0 saturated carbocycles. The van der Waals surface area contributed by atoms with E-state index in [1.165, 1.54) is 6.07 Å². The van der Waals surface area contributed by atoms with Gasteiger partial charge in [-0.05, 0) is 12.1 Å². The molecule has 0 aliphatic carbocycles. The summed E-state index contributed by atoms with van der Waals surface area (Å²) in [6.07, 6.45) is 0. The molecule has 4 nitrogen and oxygen atoms in total. The van der Waals surface area contributed by atoms with Gasteiger partial charge in [0.15, 0.2) is 0 Å². The molecule has 0 aromatic carbocycles. The van der Waals surface area contributed by atoms with Gasteiger partial charge in [-0.15, -0.1) is 11.3 Å². The van der Waals surface area contributed by atoms with Crippen molar-refractivity contribution in [1.29, 1.82) is 0 Å². The van der Waals surface area contributed by atoms with Crippen molar-refractivity contribution < 1.29 is 20.8 Å². The van der Waals surface area contributed by atoms with Crippen molar-refractivity contribution >= 4 is 21.4 Å². The minimum atomic E-state index is -3.53. The van der Waals surface area contributed by atoms with Crippen LogP contribution in [0.15, 0.2) is 16.3 Å². The standard InChI is InChI=1S/C5H8N2O2S2.ClH/c6-3-4-1-2-5(10-4)11(7,8)9;/h1-2H,3,6H2,(H2,7,8,9);1H/p-1. The predicted octanol–water partition coefficient (Wildman–Crippen LogP) is -3.14. The van der Waals surface area contributed by atoms with E-state index in [4.69, 9.17) is 10.9 Å². The first kappa shape index (κ1) is 11.9. The van der Waals surface area contributed by atoms with Gasteiger partial charge in [0.25, 0.3) is 0 Å². The molecule has 1 rings (SSSR count). The molecular formula is C5H8ClN2O2S2-. The maximum absolute atomic E-state index is 10.7. The van der Waals surface area contributed by atoms with Crippen molar-refractivity contribution in [2.24, 2.45) is 10.9 Å². The van der Waals surface area contributed by atoms with Crippen molar-refractivity contribution in [3.63, 3.8) is 0 Å². The molecule has 1 aromatic rings. The number of nitrogens with two attached hydrogens (primary N) is 2. The normalized spacial score (nSPS) is 10.8. The van der Waals surface area contributed by atoms with Gasteiger partial charge in [0, 0.05) is 11.4 Å². The van der Waals surface area contributed by atoms with Gasteiger partial charge in [-0.1, -0.05) is 0 Å². The molecule has 0 unspecified atom stereocenters. The fourth-order valence-electron chi connectivity index (χ4n) is 0.621. The third kappa shape index (κ3) is 2.72. The Labute approximate surface area is 81.0 Å². The van der Waals surface area contributed by atoms with Crippen LogP contribution in [0.5, 0.6) is 0 Å². The lowest BCUT2D eigenvalue weighted by atomic mass is 10.5. The molecule has 1 heterocycles. The molecule has 0 fully saturated rings. The lowest BCUT2D eigenvalue weighted by Crippen LogP contribution is -3.00. The largest absolute Gasteiger partial charge is 1.00 e. The Hall–Kier alpha value is -0.140. The Bertz CT molecular complexity index is 346. The number of hydrogen-bond donors (Lipinski definition) is 2. The van der Waals surface area contributed by atoms with E-state index < -0.39 is 10.0 Å². The molecule has 0 bridgehead atoms. The molecule has 0 amide bonds. The molecule has 0 aliphatic heterocycles. The summed E-state index contributed by atoms with van der Waals surface area (Å²) in [6.45, 7) is 0.347. The van der Waals surface area contributed by atoms with E-state index in [0.717, 1.165) is 16.2 Å². The highest BCUT2D eigenvalue weighted by Gasteiger charge is 2.09. The van der Waals surface area contributed by atoms with Gasteiger partial charge in [0.2, 0.25) is 10.0 Å². The summed E-state index contributed by atoms with van der Waals surface area (Å²) in [5.41, 5.74) is 5.28.